The van der Waals surface area contributed by atoms with Gasteiger partial charge in [0, 0.05) is 18.5 Å². The number of methoxy groups -OCH3 is 1. The monoisotopic (exact) mass is 270 g/mol. The maximum atomic E-state index is 12.1. The number of amides is 1. The van der Waals surface area contributed by atoms with Crippen LogP contribution in [0.25, 0.3) is 0 Å². The second kappa shape index (κ2) is 5.45. The van der Waals surface area contributed by atoms with E-state index < -0.39 is 5.97 Å². The largest absolute Gasteiger partial charge is 0.480 e. The predicted molar refractivity (Wildman–Crippen MR) is 64.5 cm³/mol. The van der Waals surface area contributed by atoms with Gasteiger partial charge in [0.1, 0.15) is 17.2 Å². The summed E-state index contributed by atoms with van der Waals surface area (Å²) in [5.41, 5.74) is 0.306. The normalized spacial score (nSPS) is 14.5. The van der Waals surface area contributed by atoms with Crippen LogP contribution in [0.4, 0.5) is 0 Å². The number of hydrogen-bond acceptors (Lipinski definition) is 5. The molecule has 0 unspecified atom stereocenters. The van der Waals surface area contributed by atoms with E-state index in [1.807, 2.05) is 0 Å². The number of thiazole rings is 1. The second-order valence-corrected chi connectivity index (χ2v) is 5.06. The highest BCUT2D eigenvalue weighted by Gasteiger charge is 2.35. The Morgan fingerprint density at radius 3 is 2.89 bits per heavy atom. The maximum absolute atomic E-state index is 12.1. The molecule has 1 amide bonds. The molecule has 7 heteroatoms. The van der Waals surface area contributed by atoms with Gasteiger partial charge in [0.05, 0.1) is 6.61 Å². The van der Waals surface area contributed by atoms with Crippen LogP contribution in [0.3, 0.4) is 0 Å². The number of carbonyl (C=O) groups excluding carboxylic acids is 1. The smallest absolute Gasteiger partial charge is 0.323 e. The van der Waals surface area contributed by atoms with Crippen molar-refractivity contribution in [1.82, 2.24) is 9.88 Å². The minimum absolute atomic E-state index is 0.0566. The van der Waals surface area contributed by atoms with E-state index in [-0.39, 0.29) is 18.5 Å². The van der Waals surface area contributed by atoms with Crippen molar-refractivity contribution in [2.45, 2.75) is 25.5 Å². The van der Waals surface area contributed by atoms with Crippen LogP contribution in [0.15, 0.2) is 5.38 Å². The summed E-state index contributed by atoms with van der Waals surface area (Å²) in [7, 11) is 1.56. The van der Waals surface area contributed by atoms with Crippen LogP contribution in [0, 0.1) is 0 Å². The maximum Gasteiger partial charge on any atom is 0.323 e. The molecule has 1 aliphatic rings. The van der Waals surface area contributed by atoms with E-state index in [4.69, 9.17) is 9.84 Å². The van der Waals surface area contributed by atoms with Gasteiger partial charge in [0.2, 0.25) is 0 Å². The first kappa shape index (κ1) is 13.0. The number of rotatable bonds is 6. The molecule has 0 spiro atoms. The molecular weight excluding hydrogens is 256 g/mol. The average Bonchev–Trinajstić information content (AvgIpc) is 3.06. The van der Waals surface area contributed by atoms with Gasteiger partial charge in [-0.05, 0) is 12.8 Å². The fourth-order valence-electron chi connectivity index (χ4n) is 1.64. The van der Waals surface area contributed by atoms with Crippen LogP contribution in [0.1, 0.15) is 28.3 Å². The first-order valence-corrected chi connectivity index (χ1v) is 6.46. The second-order valence-electron chi connectivity index (χ2n) is 4.12. The van der Waals surface area contributed by atoms with Crippen molar-refractivity contribution in [1.29, 1.82) is 0 Å². The van der Waals surface area contributed by atoms with Crippen molar-refractivity contribution >= 4 is 23.2 Å². The van der Waals surface area contributed by atoms with Crippen LogP contribution in [0.2, 0.25) is 0 Å². The Kier molecular flexibility index (Phi) is 3.93. The number of aliphatic carboxylic acids is 1. The molecule has 0 atom stereocenters. The standard InChI is InChI=1S/C11H14N2O4S/c1-17-5-9-12-8(6-18-9)11(16)13(4-10(14)15)7-2-3-7/h6-7H,2-5H2,1H3,(H,14,15). The number of carboxylic acid groups (broad SMARTS) is 1. The molecule has 0 aromatic carbocycles. The molecule has 1 aromatic heterocycles. The van der Waals surface area contributed by atoms with Crippen molar-refractivity contribution in [3.63, 3.8) is 0 Å². The molecule has 18 heavy (non-hydrogen) atoms. The summed E-state index contributed by atoms with van der Waals surface area (Å²) >= 11 is 1.34. The van der Waals surface area contributed by atoms with Gasteiger partial charge in [-0.1, -0.05) is 0 Å². The van der Waals surface area contributed by atoms with Crippen LogP contribution < -0.4 is 0 Å². The Labute approximate surface area is 108 Å². The Morgan fingerprint density at radius 2 is 2.33 bits per heavy atom. The molecule has 1 aromatic rings. The minimum atomic E-state index is -0.998. The van der Waals surface area contributed by atoms with Gasteiger partial charge in [-0.3, -0.25) is 9.59 Å². The van der Waals surface area contributed by atoms with Crippen LogP contribution in [-0.2, 0) is 16.1 Å². The Balaban J connectivity index is 2.09. The zero-order valence-corrected chi connectivity index (χ0v) is 10.8. The van der Waals surface area contributed by atoms with Crippen LogP contribution in [0.5, 0.6) is 0 Å². The van der Waals surface area contributed by atoms with Crippen molar-refractivity contribution in [2.24, 2.45) is 0 Å². The van der Waals surface area contributed by atoms with E-state index in [0.29, 0.717) is 17.3 Å². The lowest BCUT2D eigenvalue weighted by atomic mass is 10.3. The summed E-state index contributed by atoms with van der Waals surface area (Å²) in [6, 6.07) is 0.0566. The van der Waals surface area contributed by atoms with Gasteiger partial charge in [0.25, 0.3) is 5.91 Å². The van der Waals surface area contributed by atoms with Crippen LogP contribution >= 0.6 is 11.3 Å². The fourth-order valence-corrected chi connectivity index (χ4v) is 2.38. The number of hydrogen-bond donors (Lipinski definition) is 1. The summed E-state index contributed by atoms with van der Waals surface area (Å²) in [4.78, 5) is 28.4. The zero-order valence-electron chi connectivity index (χ0n) is 9.96. The molecule has 1 aliphatic carbocycles. The highest BCUT2D eigenvalue weighted by Crippen LogP contribution is 2.28. The number of carbonyl (C=O) groups is 2. The molecule has 2 rings (SSSR count). The van der Waals surface area contributed by atoms with Gasteiger partial charge in [-0.15, -0.1) is 11.3 Å². The summed E-state index contributed by atoms with van der Waals surface area (Å²) in [5.74, 6) is -1.30. The molecule has 1 saturated carbocycles. The van der Waals surface area contributed by atoms with Gasteiger partial charge < -0.3 is 14.7 Å². The van der Waals surface area contributed by atoms with E-state index in [0.717, 1.165) is 12.8 Å². The molecule has 0 bridgehead atoms. The van der Waals surface area contributed by atoms with Gasteiger partial charge in [0.15, 0.2) is 0 Å². The molecule has 1 N–H and O–H groups in total. The molecule has 6 nitrogen and oxygen atoms in total. The van der Waals surface area contributed by atoms with E-state index in [1.165, 1.54) is 16.2 Å². The Bertz CT molecular complexity index is 456. The van der Waals surface area contributed by atoms with E-state index in [9.17, 15) is 9.59 Å². The molecule has 0 radical (unpaired) electrons. The van der Waals surface area contributed by atoms with E-state index in [2.05, 4.69) is 4.98 Å². The van der Waals surface area contributed by atoms with Crippen molar-refractivity contribution < 1.29 is 19.4 Å². The lowest BCUT2D eigenvalue weighted by Crippen LogP contribution is -2.37. The van der Waals surface area contributed by atoms with Gasteiger partial charge >= 0.3 is 5.97 Å². The molecule has 0 aliphatic heterocycles. The van der Waals surface area contributed by atoms with Crippen LogP contribution in [-0.4, -0.2) is 46.6 Å². The summed E-state index contributed by atoms with van der Waals surface area (Å²) in [6.07, 6.45) is 1.74. The van der Waals surface area contributed by atoms with E-state index >= 15 is 0 Å². The molecular formula is C11H14N2O4S. The molecule has 1 heterocycles. The molecule has 1 fully saturated rings. The number of nitrogens with zero attached hydrogens (tertiary/aromatic N) is 2. The lowest BCUT2D eigenvalue weighted by Gasteiger charge is -2.18. The van der Waals surface area contributed by atoms with E-state index in [1.54, 1.807) is 12.5 Å². The minimum Gasteiger partial charge on any atom is -0.480 e. The molecule has 0 saturated heterocycles. The summed E-state index contributed by atoms with van der Waals surface area (Å²) < 4.78 is 4.93. The van der Waals surface area contributed by atoms with Crippen molar-refractivity contribution in [3.05, 3.63) is 16.1 Å². The average molecular weight is 270 g/mol. The topological polar surface area (TPSA) is 79.7 Å². The lowest BCUT2D eigenvalue weighted by molar-refractivity contribution is -0.137. The highest BCUT2D eigenvalue weighted by molar-refractivity contribution is 7.09. The predicted octanol–water partition coefficient (Wildman–Crippen LogP) is 0.979. The third-order valence-corrected chi connectivity index (χ3v) is 3.42. The van der Waals surface area contributed by atoms with Crippen molar-refractivity contribution in [3.8, 4) is 0 Å². The summed E-state index contributed by atoms with van der Waals surface area (Å²) in [6.45, 7) is 0.0982. The third-order valence-electron chi connectivity index (χ3n) is 2.59. The fraction of sp³-hybridized carbons (Fsp3) is 0.545. The highest BCUT2D eigenvalue weighted by atomic mass is 32.1. The zero-order chi connectivity index (χ0) is 13.1. The Hall–Kier alpha value is -1.47. The Morgan fingerprint density at radius 1 is 1.61 bits per heavy atom. The SMILES string of the molecule is COCc1nc(C(=O)N(CC(=O)O)C2CC2)cs1. The molecule has 98 valence electrons. The number of aromatic nitrogens is 1. The summed E-state index contributed by atoms with van der Waals surface area (Å²) in [5, 5.41) is 11.2. The number of carboxylic acids is 1. The first-order valence-electron chi connectivity index (χ1n) is 5.58. The van der Waals surface area contributed by atoms with Gasteiger partial charge in [-0.25, -0.2) is 4.98 Å². The quantitative estimate of drug-likeness (QED) is 0.833. The number of ether oxygens (including phenoxy) is 1. The third kappa shape index (κ3) is 3.05. The first-order chi connectivity index (χ1) is 8.61. The van der Waals surface area contributed by atoms with Gasteiger partial charge in [-0.2, -0.15) is 0 Å². The van der Waals surface area contributed by atoms with Crippen molar-refractivity contribution in [2.75, 3.05) is 13.7 Å².